The van der Waals surface area contributed by atoms with Gasteiger partial charge in [0.25, 0.3) is 0 Å². The molecule has 3 nitrogen and oxygen atoms in total. The third kappa shape index (κ3) is 6.21. The van der Waals surface area contributed by atoms with Crippen LogP contribution in [0.3, 0.4) is 0 Å². The van der Waals surface area contributed by atoms with E-state index in [1.807, 2.05) is 24.3 Å². The SMILES string of the molecule is CCCCCC(/C=N\N=C\c1ccccc1O)=C/c1ccccc1. The number of phenols is 1. The molecule has 2 aromatic carbocycles. The molecule has 0 bridgehead atoms. The van der Waals surface area contributed by atoms with Crippen LogP contribution in [0.5, 0.6) is 5.75 Å². The molecule has 0 spiro atoms. The van der Waals surface area contributed by atoms with E-state index < -0.39 is 0 Å². The quantitative estimate of drug-likeness (QED) is 0.392. The molecule has 2 rings (SSSR count). The maximum Gasteiger partial charge on any atom is 0.124 e. The van der Waals surface area contributed by atoms with Gasteiger partial charge in [-0.1, -0.05) is 68.3 Å². The average Bonchev–Trinajstić information content (AvgIpc) is 2.61. The summed E-state index contributed by atoms with van der Waals surface area (Å²) in [5.41, 5.74) is 2.98. The van der Waals surface area contributed by atoms with Crippen LogP contribution in [0, 0.1) is 0 Å². The van der Waals surface area contributed by atoms with Gasteiger partial charge in [-0.05, 0) is 36.1 Å². The number of phenolic OH excluding ortho intramolecular Hbond substituents is 1. The molecule has 0 saturated carbocycles. The lowest BCUT2D eigenvalue weighted by Crippen LogP contribution is -1.87. The van der Waals surface area contributed by atoms with Crippen LogP contribution in [0.4, 0.5) is 0 Å². The largest absolute Gasteiger partial charge is 0.507 e. The lowest BCUT2D eigenvalue weighted by atomic mass is 10.1. The van der Waals surface area contributed by atoms with Gasteiger partial charge in [-0.25, -0.2) is 0 Å². The van der Waals surface area contributed by atoms with Gasteiger partial charge in [-0.15, -0.1) is 0 Å². The minimum absolute atomic E-state index is 0.208. The number of benzene rings is 2. The minimum Gasteiger partial charge on any atom is -0.507 e. The molecule has 0 saturated heterocycles. The van der Waals surface area contributed by atoms with Crippen LogP contribution in [0.2, 0.25) is 0 Å². The molecule has 0 aliphatic heterocycles. The Morgan fingerprint density at radius 2 is 1.71 bits per heavy atom. The smallest absolute Gasteiger partial charge is 0.124 e. The number of hydrogen-bond donors (Lipinski definition) is 1. The molecule has 0 aromatic heterocycles. The molecule has 0 aliphatic rings. The number of allylic oxidation sites excluding steroid dienone is 1. The Morgan fingerprint density at radius 3 is 2.46 bits per heavy atom. The molecular formula is C21H24N2O. The lowest BCUT2D eigenvalue weighted by molar-refractivity contribution is 0.474. The zero-order chi connectivity index (χ0) is 17.0. The van der Waals surface area contributed by atoms with E-state index in [0.717, 1.165) is 18.4 Å². The van der Waals surface area contributed by atoms with Crippen molar-refractivity contribution in [2.75, 3.05) is 0 Å². The molecule has 0 amide bonds. The predicted octanol–water partition coefficient (Wildman–Crippen LogP) is 5.46. The Morgan fingerprint density at radius 1 is 0.958 bits per heavy atom. The fourth-order valence-electron chi connectivity index (χ4n) is 2.32. The van der Waals surface area contributed by atoms with Crippen LogP contribution < -0.4 is 0 Å². The second-order valence-corrected chi connectivity index (χ2v) is 5.63. The minimum atomic E-state index is 0.208. The maximum atomic E-state index is 9.70. The second-order valence-electron chi connectivity index (χ2n) is 5.63. The van der Waals surface area contributed by atoms with Crippen LogP contribution in [0.15, 0.2) is 70.4 Å². The molecule has 1 N–H and O–H groups in total. The number of unbranched alkanes of at least 4 members (excludes halogenated alkanes) is 2. The van der Waals surface area contributed by atoms with Gasteiger partial charge in [0.1, 0.15) is 5.75 Å². The summed E-state index contributed by atoms with van der Waals surface area (Å²) in [4.78, 5) is 0. The van der Waals surface area contributed by atoms with E-state index in [9.17, 15) is 5.11 Å². The third-order valence-corrected chi connectivity index (χ3v) is 3.64. The number of nitrogens with zero attached hydrogens (tertiary/aromatic N) is 2. The molecular weight excluding hydrogens is 296 g/mol. The first kappa shape index (κ1) is 17.7. The highest BCUT2D eigenvalue weighted by atomic mass is 16.3. The summed E-state index contributed by atoms with van der Waals surface area (Å²) in [7, 11) is 0. The van der Waals surface area contributed by atoms with Crippen molar-refractivity contribution in [3.63, 3.8) is 0 Å². The highest BCUT2D eigenvalue weighted by Gasteiger charge is 1.97. The molecule has 0 radical (unpaired) electrons. The molecule has 124 valence electrons. The Balaban J connectivity index is 2.07. The highest BCUT2D eigenvalue weighted by molar-refractivity contribution is 5.87. The highest BCUT2D eigenvalue weighted by Crippen LogP contribution is 2.14. The van der Waals surface area contributed by atoms with E-state index >= 15 is 0 Å². The first-order valence-electron chi connectivity index (χ1n) is 8.39. The first-order chi connectivity index (χ1) is 11.8. The Labute approximate surface area is 144 Å². The van der Waals surface area contributed by atoms with Crippen molar-refractivity contribution < 1.29 is 5.11 Å². The number of aromatic hydroxyl groups is 1. The van der Waals surface area contributed by atoms with Gasteiger partial charge in [0.05, 0.1) is 12.4 Å². The van der Waals surface area contributed by atoms with Crippen LogP contribution in [0.1, 0.15) is 43.7 Å². The molecule has 3 heteroatoms. The topological polar surface area (TPSA) is 45.0 Å². The van der Waals surface area contributed by atoms with Gasteiger partial charge in [-0.3, -0.25) is 0 Å². The second kappa shape index (κ2) is 10.2. The Hall–Kier alpha value is -2.68. The van der Waals surface area contributed by atoms with Gasteiger partial charge < -0.3 is 5.11 Å². The van der Waals surface area contributed by atoms with E-state index in [2.05, 4.69) is 35.3 Å². The third-order valence-electron chi connectivity index (χ3n) is 3.64. The average molecular weight is 320 g/mol. The predicted molar refractivity (Wildman–Crippen MR) is 103 cm³/mol. The summed E-state index contributed by atoms with van der Waals surface area (Å²) in [6, 6.07) is 17.3. The number of hydrogen-bond acceptors (Lipinski definition) is 3. The first-order valence-corrected chi connectivity index (χ1v) is 8.39. The fourth-order valence-corrected chi connectivity index (χ4v) is 2.32. The number of rotatable bonds is 8. The van der Waals surface area contributed by atoms with Gasteiger partial charge in [0.2, 0.25) is 0 Å². The van der Waals surface area contributed by atoms with Crippen LogP contribution >= 0.6 is 0 Å². The summed E-state index contributed by atoms with van der Waals surface area (Å²) in [6.45, 7) is 2.20. The molecule has 0 aliphatic carbocycles. The maximum absolute atomic E-state index is 9.70. The fraction of sp³-hybridized carbons (Fsp3) is 0.238. The van der Waals surface area contributed by atoms with Gasteiger partial charge >= 0.3 is 0 Å². The van der Waals surface area contributed by atoms with E-state index in [4.69, 9.17) is 0 Å². The zero-order valence-corrected chi connectivity index (χ0v) is 14.1. The van der Waals surface area contributed by atoms with Crippen LogP contribution in [-0.4, -0.2) is 17.5 Å². The van der Waals surface area contributed by atoms with Crippen molar-refractivity contribution >= 4 is 18.5 Å². The molecule has 0 unspecified atom stereocenters. The molecule has 0 atom stereocenters. The molecule has 24 heavy (non-hydrogen) atoms. The van der Waals surface area contributed by atoms with Crippen molar-refractivity contribution in [3.05, 3.63) is 71.3 Å². The normalized spacial score (nSPS) is 12.3. The standard InChI is InChI=1S/C21H24N2O/c1-2-3-5-12-19(15-18-10-6-4-7-11-18)16-22-23-17-20-13-8-9-14-21(20)24/h4,6-11,13-17,24H,2-3,5,12H2,1H3/b19-15-,22-16-,23-17+. The van der Waals surface area contributed by atoms with Gasteiger partial charge in [0, 0.05) is 5.56 Å². The molecule has 2 aromatic rings. The Kier molecular flexibility index (Phi) is 7.48. The lowest BCUT2D eigenvalue weighted by Gasteiger charge is -2.01. The van der Waals surface area contributed by atoms with E-state index in [1.165, 1.54) is 18.4 Å². The number of para-hydroxylation sites is 1. The van der Waals surface area contributed by atoms with E-state index in [1.54, 1.807) is 30.6 Å². The Bertz CT molecular complexity index is 703. The van der Waals surface area contributed by atoms with Crippen LogP contribution in [0.25, 0.3) is 6.08 Å². The summed E-state index contributed by atoms with van der Waals surface area (Å²) >= 11 is 0. The zero-order valence-electron chi connectivity index (χ0n) is 14.1. The summed E-state index contributed by atoms with van der Waals surface area (Å²) in [5.74, 6) is 0.208. The van der Waals surface area contributed by atoms with E-state index in [-0.39, 0.29) is 5.75 Å². The van der Waals surface area contributed by atoms with Crippen molar-refractivity contribution in [2.45, 2.75) is 32.6 Å². The summed E-state index contributed by atoms with van der Waals surface area (Å²) in [5, 5.41) is 17.9. The molecule has 0 fully saturated rings. The monoisotopic (exact) mass is 320 g/mol. The van der Waals surface area contributed by atoms with E-state index in [0.29, 0.717) is 5.56 Å². The van der Waals surface area contributed by atoms with Crippen molar-refractivity contribution in [3.8, 4) is 5.75 Å². The van der Waals surface area contributed by atoms with Crippen LogP contribution in [-0.2, 0) is 0 Å². The summed E-state index contributed by atoms with van der Waals surface area (Å²) < 4.78 is 0. The molecule has 0 heterocycles. The van der Waals surface area contributed by atoms with Gasteiger partial charge in [-0.2, -0.15) is 10.2 Å². The van der Waals surface area contributed by atoms with Crippen molar-refractivity contribution in [1.82, 2.24) is 0 Å². The summed E-state index contributed by atoms with van der Waals surface area (Å²) in [6.07, 6.45) is 10.1. The van der Waals surface area contributed by atoms with Crippen molar-refractivity contribution in [2.24, 2.45) is 10.2 Å². The van der Waals surface area contributed by atoms with Gasteiger partial charge in [0.15, 0.2) is 0 Å². The van der Waals surface area contributed by atoms with Crippen molar-refractivity contribution in [1.29, 1.82) is 0 Å².